The standard InChI is InChI=1S/C21H26N2O5/c1-3-4-5-12-27-17-8-6-16(7-9-17)19(24)10-11-21(26)28-14-20(25)18(13-22)15(2)23/h6-9H,3-5,10-12,14,23H2,1-2H3/b18-15-. The van der Waals surface area contributed by atoms with Crippen molar-refractivity contribution in [3.8, 4) is 11.8 Å². The van der Waals surface area contributed by atoms with Crippen LogP contribution in [0.3, 0.4) is 0 Å². The minimum atomic E-state index is -0.690. The van der Waals surface area contributed by atoms with Crippen molar-refractivity contribution in [3.63, 3.8) is 0 Å². The molecule has 0 heterocycles. The zero-order valence-corrected chi connectivity index (χ0v) is 16.3. The van der Waals surface area contributed by atoms with Gasteiger partial charge in [0.2, 0.25) is 5.78 Å². The lowest BCUT2D eigenvalue weighted by molar-refractivity contribution is -0.147. The highest BCUT2D eigenvalue weighted by atomic mass is 16.5. The number of hydrogen-bond acceptors (Lipinski definition) is 7. The summed E-state index contributed by atoms with van der Waals surface area (Å²) in [5, 5.41) is 8.82. The maximum Gasteiger partial charge on any atom is 0.306 e. The molecule has 0 aromatic heterocycles. The van der Waals surface area contributed by atoms with Gasteiger partial charge in [-0.25, -0.2) is 0 Å². The molecule has 1 aromatic carbocycles. The van der Waals surface area contributed by atoms with Gasteiger partial charge >= 0.3 is 5.97 Å². The molecular formula is C21H26N2O5. The zero-order chi connectivity index (χ0) is 20.9. The summed E-state index contributed by atoms with van der Waals surface area (Å²) in [5.74, 6) is -0.875. The van der Waals surface area contributed by atoms with Crippen molar-refractivity contribution in [2.24, 2.45) is 5.73 Å². The van der Waals surface area contributed by atoms with Crippen LogP contribution in [0.25, 0.3) is 0 Å². The molecule has 0 aliphatic carbocycles. The first kappa shape index (κ1) is 22.9. The quantitative estimate of drug-likeness (QED) is 0.193. The predicted octanol–water partition coefficient (Wildman–Crippen LogP) is 3.09. The van der Waals surface area contributed by atoms with Crippen LogP contribution in [0.4, 0.5) is 0 Å². The Labute approximate surface area is 165 Å². The van der Waals surface area contributed by atoms with Gasteiger partial charge in [-0.1, -0.05) is 19.8 Å². The number of esters is 1. The predicted molar refractivity (Wildman–Crippen MR) is 103 cm³/mol. The molecule has 0 radical (unpaired) electrons. The number of nitrogens with two attached hydrogens (primary N) is 1. The van der Waals surface area contributed by atoms with Crippen LogP contribution < -0.4 is 10.5 Å². The molecule has 1 aromatic rings. The van der Waals surface area contributed by atoms with Crippen LogP contribution in [-0.4, -0.2) is 30.7 Å². The number of allylic oxidation sites excluding steroid dienone is 1. The second-order valence-electron chi connectivity index (χ2n) is 6.26. The van der Waals surface area contributed by atoms with Crippen molar-refractivity contribution in [1.82, 2.24) is 0 Å². The third kappa shape index (κ3) is 8.04. The number of rotatable bonds is 12. The molecule has 0 unspecified atom stereocenters. The average Bonchev–Trinajstić information content (AvgIpc) is 2.68. The van der Waals surface area contributed by atoms with Crippen LogP contribution in [0.5, 0.6) is 5.75 Å². The number of nitrogens with zero attached hydrogens (tertiary/aromatic N) is 1. The number of ketones is 2. The molecule has 0 fully saturated rings. The number of benzene rings is 1. The maximum atomic E-state index is 12.2. The summed E-state index contributed by atoms with van der Waals surface area (Å²) >= 11 is 0. The van der Waals surface area contributed by atoms with E-state index in [0.717, 1.165) is 19.3 Å². The van der Waals surface area contributed by atoms with Crippen LogP contribution in [-0.2, 0) is 14.3 Å². The Morgan fingerprint density at radius 2 is 1.79 bits per heavy atom. The van der Waals surface area contributed by atoms with Gasteiger partial charge in [0.15, 0.2) is 12.4 Å². The second kappa shape index (κ2) is 12.3. The molecule has 150 valence electrons. The number of Topliss-reactive ketones (excluding diaryl/α,β-unsaturated/α-hetero) is 2. The topological polar surface area (TPSA) is 119 Å². The Hall–Kier alpha value is -3.14. The van der Waals surface area contributed by atoms with E-state index < -0.39 is 18.4 Å². The highest BCUT2D eigenvalue weighted by Crippen LogP contribution is 2.15. The maximum absolute atomic E-state index is 12.2. The van der Waals surface area contributed by atoms with Crippen molar-refractivity contribution in [2.45, 2.75) is 46.0 Å². The van der Waals surface area contributed by atoms with E-state index in [9.17, 15) is 14.4 Å². The lowest BCUT2D eigenvalue weighted by Crippen LogP contribution is -2.18. The number of unbranched alkanes of at least 4 members (excludes halogenated alkanes) is 2. The third-order valence-electron chi connectivity index (χ3n) is 3.90. The van der Waals surface area contributed by atoms with Crippen molar-refractivity contribution in [1.29, 1.82) is 5.26 Å². The Bertz CT molecular complexity index is 756. The first-order chi connectivity index (χ1) is 13.4. The number of hydrogen-bond donors (Lipinski definition) is 1. The molecule has 0 aliphatic heterocycles. The number of nitriles is 1. The van der Waals surface area contributed by atoms with E-state index in [2.05, 4.69) is 6.92 Å². The second-order valence-corrected chi connectivity index (χ2v) is 6.26. The van der Waals surface area contributed by atoms with Gasteiger partial charge in [0.1, 0.15) is 17.4 Å². The van der Waals surface area contributed by atoms with Crippen LogP contribution in [0, 0.1) is 11.3 Å². The van der Waals surface area contributed by atoms with Crippen molar-refractivity contribution < 1.29 is 23.9 Å². The van der Waals surface area contributed by atoms with E-state index in [-0.39, 0.29) is 29.9 Å². The van der Waals surface area contributed by atoms with E-state index in [1.165, 1.54) is 6.92 Å². The minimum absolute atomic E-state index is 0.0411. The number of carbonyl (C=O) groups excluding carboxylic acids is 3. The lowest BCUT2D eigenvalue weighted by atomic mass is 10.1. The Morgan fingerprint density at radius 1 is 1.11 bits per heavy atom. The summed E-state index contributed by atoms with van der Waals surface area (Å²) in [4.78, 5) is 35.6. The van der Waals surface area contributed by atoms with Crippen molar-refractivity contribution in [3.05, 3.63) is 41.1 Å². The average molecular weight is 386 g/mol. The molecule has 0 saturated carbocycles. The van der Waals surface area contributed by atoms with Gasteiger partial charge in [0.25, 0.3) is 0 Å². The van der Waals surface area contributed by atoms with Gasteiger partial charge in [-0.15, -0.1) is 0 Å². The molecule has 0 amide bonds. The van der Waals surface area contributed by atoms with Gasteiger partial charge in [0, 0.05) is 17.7 Å². The molecule has 0 spiro atoms. The first-order valence-electron chi connectivity index (χ1n) is 9.20. The van der Waals surface area contributed by atoms with Gasteiger partial charge < -0.3 is 15.2 Å². The summed E-state index contributed by atoms with van der Waals surface area (Å²) in [6.45, 7) is 3.60. The monoisotopic (exact) mass is 386 g/mol. The fourth-order valence-corrected chi connectivity index (χ4v) is 2.30. The molecule has 0 bridgehead atoms. The van der Waals surface area contributed by atoms with Gasteiger partial charge in [-0.2, -0.15) is 5.26 Å². The van der Waals surface area contributed by atoms with E-state index >= 15 is 0 Å². The fourth-order valence-electron chi connectivity index (χ4n) is 2.30. The molecule has 0 saturated heterocycles. The number of ether oxygens (including phenoxy) is 2. The normalized spacial score (nSPS) is 11.2. The van der Waals surface area contributed by atoms with Crippen LogP contribution in [0.15, 0.2) is 35.5 Å². The summed E-state index contributed by atoms with van der Waals surface area (Å²) in [6, 6.07) is 8.42. The Kier molecular flexibility index (Phi) is 10.0. The molecular weight excluding hydrogens is 360 g/mol. The third-order valence-corrected chi connectivity index (χ3v) is 3.90. The zero-order valence-electron chi connectivity index (χ0n) is 16.3. The Balaban J connectivity index is 2.41. The van der Waals surface area contributed by atoms with Crippen molar-refractivity contribution >= 4 is 17.5 Å². The van der Waals surface area contributed by atoms with Gasteiger partial charge in [0.05, 0.1) is 13.0 Å². The molecule has 7 nitrogen and oxygen atoms in total. The Morgan fingerprint density at radius 3 is 2.36 bits per heavy atom. The smallest absolute Gasteiger partial charge is 0.306 e. The van der Waals surface area contributed by atoms with E-state index in [1.807, 2.05) is 0 Å². The molecule has 1 rings (SSSR count). The van der Waals surface area contributed by atoms with Gasteiger partial charge in [-0.05, 0) is 37.6 Å². The highest BCUT2D eigenvalue weighted by Gasteiger charge is 2.15. The fraction of sp³-hybridized carbons (Fsp3) is 0.429. The molecule has 0 aliphatic rings. The summed E-state index contributed by atoms with van der Waals surface area (Å²) < 4.78 is 10.4. The van der Waals surface area contributed by atoms with E-state index in [0.29, 0.717) is 17.9 Å². The molecule has 2 N–H and O–H groups in total. The van der Waals surface area contributed by atoms with E-state index in [4.69, 9.17) is 20.5 Å². The largest absolute Gasteiger partial charge is 0.494 e. The van der Waals surface area contributed by atoms with Crippen LogP contribution in [0.1, 0.15) is 56.3 Å². The van der Waals surface area contributed by atoms with Crippen molar-refractivity contribution in [2.75, 3.05) is 13.2 Å². The highest BCUT2D eigenvalue weighted by molar-refractivity contribution is 6.01. The minimum Gasteiger partial charge on any atom is -0.494 e. The number of carbonyl (C=O) groups is 3. The molecule has 0 atom stereocenters. The van der Waals surface area contributed by atoms with Crippen LogP contribution in [0.2, 0.25) is 0 Å². The van der Waals surface area contributed by atoms with Crippen LogP contribution >= 0.6 is 0 Å². The molecule has 28 heavy (non-hydrogen) atoms. The first-order valence-corrected chi connectivity index (χ1v) is 9.20. The lowest BCUT2D eigenvalue weighted by Gasteiger charge is -2.07. The van der Waals surface area contributed by atoms with E-state index in [1.54, 1.807) is 30.3 Å². The SMILES string of the molecule is CCCCCOc1ccc(C(=O)CCC(=O)OCC(=O)/C(C#N)=C(/C)N)cc1. The summed E-state index contributed by atoms with van der Waals surface area (Å²) in [5.41, 5.74) is 5.71. The van der Waals surface area contributed by atoms with Gasteiger partial charge in [-0.3, -0.25) is 14.4 Å². The summed E-state index contributed by atoms with van der Waals surface area (Å²) in [6.07, 6.45) is 3.02. The summed E-state index contributed by atoms with van der Waals surface area (Å²) in [7, 11) is 0. The molecule has 7 heteroatoms.